The molecule has 0 aliphatic heterocycles. The van der Waals surface area contributed by atoms with Crippen LogP contribution in [0.3, 0.4) is 0 Å². The van der Waals surface area contributed by atoms with Gasteiger partial charge >= 0.3 is 0 Å². The number of nitrogens with one attached hydrogen (secondary N) is 1. The zero-order valence-corrected chi connectivity index (χ0v) is 14.7. The fourth-order valence-electron chi connectivity index (χ4n) is 2.77. The number of carbonyl (C=O) groups excluding carboxylic acids is 1. The topological polar surface area (TPSA) is 38.3 Å². The Morgan fingerprint density at radius 3 is 2.36 bits per heavy atom. The average molecular weight is 333 g/mol. The minimum absolute atomic E-state index is 0.125. The van der Waals surface area contributed by atoms with Gasteiger partial charge in [0.1, 0.15) is 5.75 Å². The number of aryl methyl sites for hydroxylation is 1. The summed E-state index contributed by atoms with van der Waals surface area (Å²) < 4.78 is 5.94. The van der Waals surface area contributed by atoms with Gasteiger partial charge in [-0.1, -0.05) is 56.3 Å². The highest BCUT2D eigenvalue weighted by Crippen LogP contribution is 2.22. The first-order chi connectivity index (χ1) is 12.2. The van der Waals surface area contributed by atoms with Crippen molar-refractivity contribution in [3.63, 3.8) is 0 Å². The molecule has 3 nitrogen and oxygen atoms in total. The summed E-state index contributed by atoms with van der Waals surface area (Å²) in [5.41, 5.74) is 2.04. The van der Waals surface area contributed by atoms with Gasteiger partial charge in [0.15, 0.2) is 6.10 Å². The van der Waals surface area contributed by atoms with Gasteiger partial charge in [-0.05, 0) is 53.4 Å². The van der Waals surface area contributed by atoms with E-state index in [0.29, 0.717) is 12.2 Å². The summed E-state index contributed by atoms with van der Waals surface area (Å²) in [4.78, 5) is 12.5. The first-order valence-corrected chi connectivity index (χ1v) is 8.75. The van der Waals surface area contributed by atoms with E-state index in [4.69, 9.17) is 4.74 Å². The molecule has 3 rings (SSSR count). The Hall–Kier alpha value is -2.81. The van der Waals surface area contributed by atoms with Crippen LogP contribution in [0, 0.1) is 0 Å². The van der Waals surface area contributed by atoms with Crippen molar-refractivity contribution in [1.29, 1.82) is 0 Å². The van der Waals surface area contributed by atoms with Crippen LogP contribution in [0.4, 0.5) is 5.69 Å². The third kappa shape index (κ3) is 4.18. The second kappa shape index (κ2) is 7.84. The highest BCUT2D eigenvalue weighted by molar-refractivity contribution is 5.94. The standard InChI is InChI=1S/C22H23NO2/c1-3-16-9-12-19(13-10-16)23-22(24)21(4-2)25-20-14-11-17-7-5-6-8-18(17)15-20/h5-15,21H,3-4H2,1-2H3,(H,23,24)/t21-/m0/s1. The molecule has 0 radical (unpaired) electrons. The number of rotatable bonds is 6. The number of fused-ring (bicyclic) bond motifs is 1. The molecule has 25 heavy (non-hydrogen) atoms. The molecular formula is C22H23NO2. The van der Waals surface area contributed by atoms with E-state index < -0.39 is 6.10 Å². The largest absolute Gasteiger partial charge is 0.481 e. The molecule has 0 spiro atoms. The number of amides is 1. The maximum absolute atomic E-state index is 12.5. The number of benzene rings is 3. The van der Waals surface area contributed by atoms with Gasteiger partial charge in [0.25, 0.3) is 5.91 Å². The van der Waals surface area contributed by atoms with Crippen LogP contribution in [0.15, 0.2) is 66.7 Å². The molecule has 128 valence electrons. The number of hydrogen-bond acceptors (Lipinski definition) is 2. The van der Waals surface area contributed by atoms with E-state index in [1.54, 1.807) is 0 Å². The molecule has 3 heteroatoms. The fraction of sp³-hybridized carbons (Fsp3) is 0.227. The van der Waals surface area contributed by atoms with Crippen LogP contribution < -0.4 is 10.1 Å². The Labute approximate surface area is 148 Å². The summed E-state index contributed by atoms with van der Waals surface area (Å²) in [5.74, 6) is 0.585. The molecule has 1 atom stereocenters. The van der Waals surface area contributed by atoms with Crippen LogP contribution in [-0.2, 0) is 11.2 Å². The summed E-state index contributed by atoms with van der Waals surface area (Å²) in [6.45, 7) is 4.06. The zero-order chi connectivity index (χ0) is 17.6. The van der Waals surface area contributed by atoms with Gasteiger partial charge in [-0.3, -0.25) is 4.79 Å². The predicted molar refractivity (Wildman–Crippen MR) is 103 cm³/mol. The Kier molecular flexibility index (Phi) is 5.34. The maximum Gasteiger partial charge on any atom is 0.265 e. The molecule has 1 N–H and O–H groups in total. The van der Waals surface area contributed by atoms with E-state index in [1.165, 1.54) is 5.56 Å². The SMILES string of the molecule is CCc1ccc(NC(=O)[C@H](CC)Oc2ccc3ccccc3c2)cc1. The van der Waals surface area contributed by atoms with Gasteiger partial charge in [-0.25, -0.2) is 0 Å². The van der Waals surface area contributed by atoms with Gasteiger partial charge < -0.3 is 10.1 Å². The van der Waals surface area contributed by atoms with Gasteiger partial charge in [0.05, 0.1) is 0 Å². The second-order valence-corrected chi connectivity index (χ2v) is 6.06. The summed E-state index contributed by atoms with van der Waals surface area (Å²) in [5, 5.41) is 5.20. The van der Waals surface area contributed by atoms with Crippen LogP contribution in [0.1, 0.15) is 25.8 Å². The van der Waals surface area contributed by atoms with Crippen molar-refractivity contribution in [1.82, 2.24) is 0 Å². The van der Waals surface area contributed by atoms with Crippen LogP contribution in [0.5, 0.6) is 5.75 Å². The average Bonchev–Trinajstić information content (AvgIpc) is 2.66. The van der Waals surface area contributed by atoms with E-state index in [9.17, 15) is 4.79 Å². The van der Waals surface area contributed by atoms with Crippen LogP contribution in [0.25, 0.3) is 10.8 Å². The van der Waals surface area contributed by atoms with Crippen molar-refractivity contribution in [3.05, 3.63) is 72.3 Å². The quantitative estimate of drug-likeness (QED) is 0.673. The molecule has 0 bridgehead atoms. The Bertz CT molecular complexity index is 855. The summed E-state index contributed by atoms with van der Waals surface area (Å²) >= 11 is 0. The lowest BCUT2D eigenvalue weighted by molar-refractivity contribution is -0.122. The lowest BCUT2D eigenvalue weighted by Gasteiger charge is -2.18. The third-order valence-electron chi connectivity index (χ3n) is 4.29. The molecule has 0 aliphatic carbocycles. The molecule has 0 heterocycles. The van der Waals surface area contributed by atoms with Crippen molar-refractivity contribution in [2.24, 2.45) is 0 Å². The Morgan fingerprint density at radius 1 is 0.960 bits per heavy atom. The molecule has 3 aromatic rings. The molecule has 0 aromatic heterocycles. The first kappa shape index (κ1) is 17.0. The normalized spacial score (nSPS) is 11.9. The minimum Gasteiger partial charge on any atom is -0.481 e. The second-order valence-electron chi connectivity index (χ2n) is 6.06. The molecule has 0 aliphatic rings. The van der Waals surface area contributed by atoms with Crippen LogP contribution in [0.2, 0.25) is 0 Å². The van der Waals surface area contributed by atoms with Gasteiger partial charge in [0.2, 0.25) is 0 Å². The zero-order valence-electron chi connectivity index (χ0n) is 14.7. The van der Waals surface area contributed by atoms with Gasteiger partial charge in [-0.2, -0.15) is 0 Å². The fourth-order valence-corrected chi connectivity index (χ4v) is 2.77. The molecule has 0 fully saturated rings. The number of anilines is 1. The van der Waals surface area contributed by atoms with Crippen LogP contribution >= 0.6 is 0 Å². The molecule has 0 saturated carbocycles. The molecular weight excluding hydrogens is 310 g/mol. The van der Waals surface area contributed by atoms with E-state index >= 15 is 0 Å². The Balaban J connectivity index is 1.70. The first-order valence-electron chi connectivity index (χ1n) is 8.75. The molecule has 3 aromatic carbocycles. The van der Waals surface area contributed by atoms with E-state index in [2.05, 4.69) is 18.3 Å². The van der Waals surface area contributed by atoms with E-state index in [-0.39, 0.29) is 5.91 Å². The van der Waals surface area contributed by atoms with Crippen LogP contribution in [-0.4, -0.2) is 12.0 Å². The summed E-state index contributed by atoms with van der Waals surface area (Å²) in [6, 6.07) is 21.9. The minimum atomic E-state index is -0.521. The third-order valence-corrected chi connectivity index (χ3v) is 4.29. The lowest BCUT2D eigenvalue weighted by atomic mass is 10.1. The number of hydrogen-bond donors (Lipinski definition) is 1. The maximum atomic E-state index is 12.5. The van der Waals surface area contributed by atoms with Crippen molar-refractivity contribution in [3.8, 4) is 5.75 Å². The monoisotopic (exact) mass is 333 g/mol. The van der Waals surface area contributed by atoms with Crippen molar-refractivity contribution in [2.45, 2.75) is 32.8 Å². The summed E-state index contributed by atoms with van der Waals surface area (Å²) in [6.07, 6.45) is 1.06. The highest BCUT2D eigenvalue weighted by Gasteiger charge is 2.18. The Morgan fingerprint density at radius 2 is 1.68 bits per heavy atom. The van der Waals surface area contributed by atoms with Gasteiger partial charge in [0, 0.05) is 5.69 Å². The molecule has 0 saturated heterocycles. The number of ether oxygens (including phenoxy) is 1. The summed E-state index contributed by atoms with van der Waals surface area (Å²) in [7, 11) is 0. The van der Waals surface area contributed by atoms with Crippen molar-refractivity contribution in [2.75, 3.05) is 5.32 Å². The van der Waals surface area contributed by atoms with Crippen molar-refractivity contribution < 1.29 is 9.53 Å². The molecule has 0 unspecified atom stereocenters. The lowest BCUT2D eigenvalue weighted by Crippen LogP contribution is -2.32. The smallest absolute Gasteiger partial charge is 0.265 e. The molecule has 1 amide bonds. The van der Waals surface area contributed by atoms with E-state index in [0.717, 1.165) is 22.9 Å². The van der Waals surface area contributed by atoms with E-state index in [1.807, 2.05) is 67.6 Å². The predicted octanol–water partition coefficient (Wildman–Crippen LogP) is 5.20. The van der Waals surface area contributed by atoms with Gasteiger partial charge in [-0.15, -0.1) is 0 Å². The number of carbonyl (C=O) groups is 1. The highest BCUT2D eigenvalue weighted by atomic mass is 16.5. The van der Waals surface area contributed by atoms with Crippen molar-refractivity contribution >= 4 is 22.4 Å².